The Morgan fingerprint density at radius 2 is 2.20 bits per heavy atom. The number of carbonyl (C=O) groups is 1. The molecule has 0 aliphatic heterocycles. The zero-order valence-electron chi connectivity index (χ0n) is 11.3. The molecule has 1 aromatic carbocycles. The second-order valence-corrected chi connectivity index (χ2v) is 5.17. The molecule has 0 atom stereocenters. The Hall–Kier alpha value is -2.15. The van der Waals surface area contributed by atoms with Gasteiger partial charge in [-0.2, -0.15) is 0 Å². The molecule has 0 unspecified atom stereocenters. The van der Waals surface area contributed by atoms with Gasteiger partial charge < -0.3 is 10.7 Å². The van der Waals surface area contributed by atoms with E-state index in [-0.39, 0.29) is 16.7 Å². The van der Waals surface area contributed by atoms with E-state index in [0.717, 1.165) is 19.3 Å². The maximum absolute atomic E-state index is 12.1. The molecule has 1 amide bonds. The quantitative estimate of drug-likeness (QED) is 0.417. The number of amides is 1. The summed E-state index contributed by atoms with van der Waals surface area (Å²) in [6.07, 6.45) is 3.19. The molecule has 1 saturated carbocycles. The van der Waals surface area contributed by atoms with Crippen LogP contribution in [0.1, 0.15) is 36.5 Å². The molecule has 20 heavy (non-hydrogen) atoms. The highest BCUT2D eigenvalue weighted by Gasteiger charge is 2.40. The summed E-state index contributed by atoms with van der Waals surface area (Å²) in [7, 11) is 0. The highest BCUT2D eigenvalue weighted by atomic mass is 16.6. The molecule has 4 N–H and O–H groups in total. The van der Waals surface area contributed by atoms with Crippen molar-refractivity contribution in [3.05, 3.63) is 33.9 Å². The van der Waals surface area contributed by atoms with Gasteiger partial charge in [0, 0.05) is 18.3 Å². The summed E-state index contributed by atoms with van der Waals surface area (Å²) >= 11 is 0. The maximum atomic E-state index is 12.1. The highest BCUT2D eigenvalue weighted by molar-refractivity contribution is 5.99. The van der Waals surface area contributed by atoms with Crippen LogP contribution in [-0.2, 0) is 0 Å². The molecule has 0 aromatic heterocycles. The fourth-order valence-corrected chi connectivity index (χ4v) is 2.16. The lowest BCUT2D eigenvalue weighted by Crippen LogP contribution is -2.30. The normalized spacial score (nSPS) is 15.5. The minimum atomic E-state index is -0.568. The van der Waals surface area contributed by atoms with Crippen molar-refractivity contribution >= 4 is 17.3 Å². The van der Waals surface area contributed by atoms with Crippen LogP contribution in [0.3, 0.4) is 0 Å². The second kappa shape index (κ2) is 5.46. The first kappa shape index (κ1) is 14.3. The van der Waals surface area contributed by atoms with Crippen molar-refractivity contribution in [3.8, 4) is 0 Å². The Labute approximate surface area is 116 Å². The Kier molecular flexibility index (Phi) is 3.89. The molecule has 1 aliphatic rings. The van der Waals surface area contributed by atoms with Gasteiger partial charge in [-0.1, -0.05) is 6.92 Å². The van der Waals surface area contributed by atoms with Gasteiger partial charge in [0.1, 0.15) is 5.56 Å². The monoisotopic (exact) mass is 278 g/mol. The lowest BCUT2D eigenvalue weighted by Gasteiger charge is -2.13. The standard InChI is InChI=1S/C13H18N4O3/c1-2-13(5-6-13)8-15-12(18)10-7-9(16-14)3-4-11(10)17(19)20/h3-4,7,16H,2,5-6,8,14H2,1H3,(H,15,18). The number of nitrogen functional groups attached to an aromatic ring is 1. The molecule has 7 nitrogen and oxygen atoms in total. The van der Waals surface area contributed by atoms with E-state index in [9.17, 15) is 14.9 Å². The number of hydrazine groups is 1. The molecular formula is C13H18N4O3. The average Bonchev–Trinajstić information content (AvgIpc) is 3.24. The number of nitrogens with two attached hydrogens (primary N) is 1. The van der Waals surface area contributed by atoms with Crippen LogP contribution in [0.4, 0.5) is 11.4 Å². The van der Waals surface area contributed by atoms with Gasteiger partial charge in [0.2, 0.25) is 0 Å². The number of hydrogen-bond acceptors (Lipinski definition) is 5. The van der Waals surface area contributed by atoms with Crippen molar-refractivity contribution in [3.63, 3.8) is 0 Å². The van der Waals surface area contributed by atoms with Gasteiger partial charge in [-0.15, -0.1) is 0 Å². The number of rotatable bonds is 6. The molecule has 1 aliphatic carbocycles. The number of nitrogens with zero attached hydrogens (tertiary/aromatic N) is 1. The van der Waals surface area contributed by atoms with Crippen LogP contribution < -0.4 is 16.6 Å². The Morgan fingerprint density at radius 1 is 1.50 bits per heavy atom. The summed E-state index contributed by atoms with van der Waals surface area (Å²) in [4.78, 5) is 22.5. The molecule has 1 aromatic rings. The van der Waals surface area contributed by atoms with Gasteiger partial charge in [0.25, 0.3) is 11.6 Å². The van der Waals surface area contributed by atoms with Crippen LogP contribution in [0.2, 0.25) is 0 Å². The molecule has 108 valence electrons. The molecule has 0 heterocycles. The van der Waals surface area contributed by atoms with Crippen molar-refractivity contribution in [2.24, 2.45) is 11.3 Å². The van der Waals surface area contributed by atoms with Crippen molar-refractivity contribution in [1.29, 1.82) is 0 Å². The number of benzene rings is 1. The maximum Gasteiger partial charge on any atom is 0.282 e. The number of hydrogen-bond donors (Lipinski definition) is 3. The minimum Gasteiger partial charge on any atom is -0.351 e. The van der Waals surface area contributed by atoms with Gasteiger partial charge in [-0.25, -0.2) is 0 Å². The molecule has 0 radical (unpaired) electrons. The van der Waals surface area contributed by atoms with Gasteiger partial charge in [-0.3, -0.25) is 20.8 Å². The van der Waals surface area contributed by atoms with Crippen molar-refractivity contribution in [2.75, 3.05) is 12.0 Å². The van der Waals surface area contributed by atoms with Crippen molar-refractivity contribution < 1.29 is 9.72 Å². The Morgan fingerprint density at radius 3 is 2.70 bits per heavy atom. The van der Waals surface area contributed by atoms with Crippen LogP contribution in [0, 0.1) is 15.5 Å². The van der Waals surface area contributed by atoms with E-state index in [1.54, 1.807) is 0 Å². The number of nitrogens with one attached hydrogen (secondary N) is 2. The van der Waals surface area contributed by atoms with E-state index >= 15 is 0 Å². The molecule has 0 spiro atoms. The molecule has 1 fully saturated rings. The van der Waals surface area contributed by atoms with Crippen LogP contribution in [0.15, 0.2) is 18.2 Å². The predicted octanol–water partition coefficient (Wildman–Crippen LogP) is 1.80. The van der Waals surface area contributed by atoms with Gasteiger partial charge >= 0.3 is 0 Å². The van der Waals surface area contributed by atoms with Gasteiger partial charge in [-0.05, 0) is 36.8 Å². The number of nitro groups is 1. The van der Waals surface area contributed by atoms with Gasteiger partial charge in [0.15, 0.2) is 0 Å². The summed E-state index contributed by atoms with van der Waals surface area (Å²) in [6.45, 7) is 2.64. The first-order valence-corrected chi connectivity index (χ1v) is 6.54. The van der Waals surface area contributed by atoms with Crippen LogP contribution in [0.25, 0.3) is 0 Å². The SMILES string of the molecule is CCC1(CNC(=O)c2cc(NN)ccc2[N+](=O)[O-])CC1. The van der Waals surface area contributed by atoms with E-state index < -0.39 is 10.8 Å². The zero-order chi connectivity index (χ0) is 14.8. The highest BCUT2D eigenvalue weighted by Crippen LogP contribution is 2.47. The fraction of sp³-hybridized carbons (Fsp3) is 0.462. The largest absolute Gasteiger partial charge is 0.351 e. The third kappa shape index (κ3) is 2.88. The molecular weight excluding hydrogens is 260 g/mol. The van der Waals surface area contributed by atoms with E-state index in [2.05, 4.69) is 17.7 Å². The third-order valence-electron chi connectivity index (χ3n) is 3.94. The van der Waals surface area contributed by atoms with Crippen molar-refractivity contribution in [1.82, 2.24) is 5.32 Å². The van der Waals surface area contributed by atoms with Crippen LogP contribution >= 0.6 is 0 Å². The third-order valence-corrected chi connectivity index (χ3v) is 3.94. The predicted molar refractivity (Wildman–Crippen MR) is 75.2 cm³/mol. The Balaban J connectivity index is 2.16. The number of nitro benzene ring substituents is 1. The topological polar surface area (TPSA) is 110 Å². The summed E-state index contributed by atoms with van der Waals surface area (Å²) in [5, 5.41) is 13.8. The minimum absolute atomic E-state index is 0.0253. The van der Waals surface area contributed by atoms with E-state index in [1.165, 1.54) is 18.2 Å². The first-order chi connectivity index (χ1) is 9.51. The zero-order valence-corrected chi connectivity index (χ0v) is 11.3. The van der Waals surface area contributed by atoms with Crippen molar-refractivity contribution in [2.45, 2.75) is 26.2 Å². The summed E-state index contributed by atoms with van der Waals surface area (Å²) < 4.78 is 0. The summed E-state index contributed by atoms with van der Waals surface area (Å²) in [5.41, 5.74) is 2.83. The van der Waals surface area contributed by atoms with Crippen LogP contribution in [0.5, 0.6) is 0 Å². The summed E-state index contributed by atoms with van der Waals surface area (Å²) in [5.74, 6) is 4.83. The van der Waals surface area contributed by atoms with E-state index in [0.29, 0.717) is 12.2 Å². The first-order valence-electron chi connectivity index (χ1n) is 6.54. The molecule has 0 saturated heterocycles. The summed E-state index contributed by atoms with van der Waals surface area (Å²) in [6, 6.07) is 4.12. The van der Waals surface area contributed by atoms with Gasteiger partial charge in [0.05, 0.1) is 4.92 Å². The lowest BCUT2D eigenvalue weighted by molar-refractivity contribution is -0.385. The Bertz CT molecular complexity index is 540. The second-order valence-electron chi connectivity index (χ2n) is 5.17. The number of anilines is 1. The van der Waals surface area contributed by atoms with E-state index in [1.807, 2.05) is 0 Å². The number of carbonyl (C=O) groups excluding carboxylic acids is 1. The smallest absolute Gasteiger partial charge is 0.282 e. The lowest BCUT2D eigenvalue weighted by atomic mass is 10.0. The molecule has 7 heteroatoms. The molecule has 0 bridgehead atoms. The van der Waals surface area contributed by atoms with Crippen LogP contribution in [-0.4, -0.2) is 17.4 Å². The average molecular weight is 278 g/mol. The van der Waals surface area contributed by atoms with E-state index in [4.69, 9.17) is 5.84 Å². The fourth-order valence-electron chi connectivity index (χ4n) is 2.16. The molecule has 2 rings (SSSR count).